The molecule has 3 unspecified atom stereocenters. The largest absolute Gasteiger partial charge is 0.495 e. The lowest BCUT2D eigenvalue weighted by Gasteiger charge is -2.22. The van der Waals surface area contributed by atoms with Crippen molar-refractivity contribution in [2.24, 2.45) is 5.73 Å². The Morgan fingerprint density at radius 1 is 1.33 bits per heavy atom. The Kier molecular flexibility index (Phi) is 6.36. The third-order valence-electron chi connectivity index (χ3n) is 3.06. The molecule has 0 spiro atoms. The van der Waals surface area contributed by atoms with Crippen LogP contribution in [0.2, 0.25) is 0 Å². The van der Waals surface area contributed by atoms with Crippen LogP contribution in [-0.4, -0.2) is 22.6 Å². The minimum absolute atomic E-state index is 0.0127. The molecule has 4 heteroatoms. The van der Waals surface area contributed by atoms with Crippen molar-refractivity contribution in [3.05, 3.63) is 24.3 Å². The molecule has 1 aromatic carbocycles. The van der Waals surface area contributed by atoms with Gasteiger partial charge in [0.05, 0.1) is 28.1 Å². The molecule has 1 aromatic rings. The predicted octanol–water partition coefficient (Wildman–Crippen LogP) is 2.71. The quantitative estimate of drug-likeness (QED) is 0.828. The monoisotopic (exact) mass is 269 g/mol. The third-order valence-corrected chi connectivity index (χ3v) is 5.07. The highest BCUT2D eigenvalue weighted by atomic mass is 32.2. The molecule has 0 aromatic heterocycles. The van der Waals surface area contributed by atoms with Crippen LogP contribution in [0.4, 0.5) is 0 Å². The number of methoxy groups -OCH3 is 1. The molecule has 0 aliphatic heterocycles. The minimum Gasteiger partial charge on any atom is -0.495 e. The summed E-state index contributed by atoms with van der Waals surface area (Å²) in [7, 11) is 0.486. The second kappa shape index (κ2) is 7.54. The van der Waals surface area contributed by atoms with Crippen molar-refractivity contribution in [1.29, 1.82) is 0 Å². The topological polar surface area (TPSA) is 52.3 Å². The van der Waals surface area contributed by atoms with Crippen LogP contribution in [0.3, 0.4) is 0 Å². The molecule has 3 nitrogen and oxygen atoms in total. The number of benzene rings is 1. The summed E-state index contributed by atoms with van der Waals surface area (Å²) in [5.41, 5.74) is 6.13. The lowest BCUT2D eigenvalue weighted by atomic mass is 10.1. The van der Waals surface area contributed by atoms with Gasteiger partial charge in [-0.1, -0.05) is 32.4 Å². The summed E-state index contributed by atoms with van der Waals surface area (Å²) in [4.78, 5) is 0.749. The molecule has 0 aliphatic carbocycles. The molecule has 0 fully saturated rings. The zero-order valence-electron chi connectivity index (χ0n) is 11.4. The molecule has 18 heavy (non-hydrogen) atoms. The predicted molar refractivity (Wildman–Crippen MR) is 76.4 cm³/mol. The third kappa shape index (κ3) is 3.56. The fourth-order valence-corrected chi connectivity index (χ4v) is 3.73. The summed E-state index contributed by atoms with van der Waals surface area (Å²) in [5, 5.41) is -0.0127. The molecular formula is C14H23NO2S. The summed E-state index contributed by atoms with van der Waals surface area (Å²) in [6, 6.07) is 7.44. The first-order valence-electron chi connectivity index (χ1n) is 6.44. The normalized spacial score (nSPS) is 16.0. The Bertz CT molecular complexity index is 395. The van der Waals surface area contributed by atoms with E-state index in [4.69, 9.17) is 10.5 Å². The number of hydrogen-bond acceptors (Lipinski definition) is 3. The number of hydrogen-bond donors (Lipinski definition) is 1. The van der Waals surface area contributed by atoms with Crippen LogP contribution in [0.25, 0.3) is 0 Å². The lowest BCUT2D eigenvalue weighted by molar-refractivity contribution is 0.403. The van der Waals surface area contributed by atoms with Gasteiger partial charge in [-0.15, -0.1) is 0 Å². The Hall–Kier alpha value is -0.870. The molecule has 0 bridgehead atoms. The van der Waals surface area contributed by atoms with Gasteiger partial charge in [0, 0.05) is 6.04 Å². The maximum absolute atomic E-state index is 12.6. The zero-order chi connectivity index (χ0) is 13.5. The Balaban J connectivity index is 2.96. The first-order valence-corrected chi connectivity index (χ1v) is 7.66. The first-order chi connectivity index (χ1) is 8.65. The SMILES string of the molecule is CCCC(N)C(CC)S(=O)c1ccccc1OC. The molecule has 102 valence electrons. The van der Waals surface area contributed by atoms with E-state index in [0.717, 1.165) is 24.2 Å². The van der Waals surface area contributed by atoms with Gasteiger partial charge in [-0.3, -0.25) is 4.21 Å². The van der Waals surface area contributed by atoms with Crippen molar-refractivity contribution in [3.8, 4) is 5.75 Å². The average Bonchev–Trinajstić information content (AvgIpc) is 2.39. The summed E-state index contributed by atoms with van der Waals surface area (Å²) in [5.74, 6) is 0.679. The van der Waals surface area contributed by atoms with E-state index < -0.39 is 10.8 Å². The van der Waals surface area contributed by atoms with E-state index in [0.29, 0.717) is 5.75 Å². The van der Waals surface area contributed by atoms with E-state index >= 15 is 0 Å². The molecule has 0 saturated heterocycles. The van der Waals surface area contributed by atoms with Crippen molar-refractivity contribution < 1.29 is 8.95 Å². The molecule has 0 amide bonds. The van der Waals surface area contributed by atoms with Gasteiger partial charge in [0.1, 0.15) is 5.75 Å². The van der Waals surface area contributed by atoms with Gasteiger partial charge in [0.2, 0.25) is 0 Å². The van der Waals surface area contributed by atoms with Crippen LogP contribution in [0, 0.1) is 0 Å². The highest BCUT2D eigenvalue weighted by molar-refractivity contribution is 7.85. The van der Waals surface area contributed by atoms with E-state index in [2.05, 4.69) is 6.92 Å². The van der Waals surface area contributed by atoms with Crippen LogP contribution in [-0.2, 0) is 10.8 Å². The van der Waals surface area contributed by atoms with E-state index in [9.17, 15) is 4.21 Å². The van der Waals surface area contributed by atoms with Crippen LogP contribution in [0.5, 0.6) is 5.75 Å². The van der Waals surface area contributed by atoms with Gasteiger partial charge < -0.3 is 10.5 Å². The molecule has 0 saturated carbocycles. The minimum atomic E-state index is -1.11. The molecular weight excluding hydrogens is 246 g/mol. The first kappa shape index (κ1) is 15.2. The van der Waals surface area contributed by atoms with Crippen molar-refractivity contribution in [2.75, 3.05) is 7.11 Å². The van der Waals surface area contributed by atoms with Crippen molar-refractivity contribution >= 4 is 10.8 Å². The Morgan fingerprint density at radius 3 is 2.56 bits per heavy atom. The van der Waals surface area contributed by atoms with Crippen LogP contribution < -0.4 is 10.5 Å². The molecule has 2 N–H and O–H groups in total. The van der Waals surface area contributed by atoms with E-state index in [1.54, 1.807) is 7.11 Å². The summed E-state index contributed by atoms with van der Waals surface area (Å²) in [6.07, 6.45) is 2.73. The summed E-state index contributed by atoms with van der Waals surface area (Å²) >= 11 is 0. The molecule has 1 rings (SSSR count). The maximum atomic E-state index is 12.6. The van der Waals surface area contributed by atoms with Gasteiger partial charge in [0.25, 0.3) is 0 Å². The van der Waals surface area contributed by atoms with E-state index in [1.165, 1.54) is 0 Å². The maximum Gasteiger partial charge on any atom is 0.134 e. The number of ether oxygens (including phenoxy) is 1. The summed E-state index contributed by atoms with van der Waals surface area (Å²) in [6.45, 7) is 4.13. The lowest BCUT2D eigenvalue weighted by Crippen LogP contribution is -2.37. The van der Waals surface area contributed by atoms with Crippen molar-refractivity contribution in [1.82, 2.24) is 0 Å². The fourth-order valence-electron chi connectivity index (χ4n) is 2.08. The standard InChI is InChI=1S/C14H23NO2S/c1-4-8-11(15)13(5-2)18(16)14-10-7-6-9-12(14)17-3/h6-7,9-11,13H,4-5,8,15H2,1-3H3. The van der Waals surface area contributed by atoms with Gasteiger partial charge in [0.15, 0.2) is 0 Å². The number of nitrogens with two attached hydrogens (primary N) is 1. The average molecular weight is 269 g/mol. The number of para-hydroxylation sites is 1. The van der Waals surface area contributed by atoms with E-state index in [1.807, 2.05) is 31.2 Å². The summed E-state index contributed by atoms with van der Waals surface area (Å²) < 4.78 is 17.9. The van der Waals surface area contributed by atoms with Crippen LogP contribution in [0.1, 0.15) is 33.1 Å². The van der Waals surface area contributed by atoms with Crippen LogP contribution in [0.15, 0.2) is 29.2 Å². The molecule has 3 atom stereocenters. The van der Waals surface area contributed by atoms with Crippen molar-refractivity contribution in [2.45, 2.75) is 49.3 Å². The van der Waals surface area contributed by atoms with E-state index in [-0.39, 0.29) is 11.3 Å². The molecule has 0 radical (unpaired) electrons. The Morgan fingerprint density at radius 2 is 2.00 bits per heavy atom. The van der Waals surface area contributed by atoms with Gasteiger partial charge in [-0.05, 0) is 25.0 Å². The molecule has 0 heterocycles. The van der Waals surface area contributed by atoms with Crippen LogP contribution >= 0.6 is 0 Å². The van der Waals surface area contributed by atoms with Gasteiger partial charge in [-0.2, -0.15) is 0 Å². The van der Waals surface area contributed by atoms with Crippen molar-refractivity contribution in [3.63, 3.8) is 0 Å². The number of rotatable bonds is 7. The zero-order valence-corrected chi connectivity index (χ0v) is 12.2. The molecule has 0 aliphatic rings. The van der Waals surface area contributed by atoms with Gasteiger partial charge in [-0.25, -0.2) is 0 Å². The highest BCUT2D eigenvalue weighted by Crippen LogP contribution is 2.26. The second-order valence-electron chi connectivity index (χ2n) is 4.35. The van der Waals surface area contributed by atoms with Gasteiger partial charge >= 0.3 is 0 Å². The second-order valence-corrected chi connectivity index (χ2v) is 5.99. The fraction of sp³-hybridized carbons (Fsp3) is 0.571. The Labute approximate surface area is 112 Å². The highest BCUT2D eigenvalue weighted by Gasteiger charge is 2.25. The smallest absolute Gasteiger partial charge is 0.134 e.